The number of sulfone groups is 1. The summed E-state index contributed by atoms with van der Waals surface area (Å²) in [6.45, 7) is 1.48. The minimum atomic E-state index is -3.72. The Labute approximate surface area is 162 Å². The Kier molecular flexibility index (Phi) is 5.21. The lowest BCUT2D eigenvalue weighted by Gasteiger charge is -2.11. The number of benzene rings is 2. The Morgan fingerprint density at radius 2 is 2.00 bits per heavy atom. The normalized spacial score (nSPS) is 13.9. The molecule has 1 aromatic heterocycles. The molecule has 0 amide bonds. The lowest BCUT2D eigenvalue weighted by molar-refractivity contribution is 0.404. The molecule has 0 saturated carbocycles. The number of furan rings is 1. The molecule has 0 saturated heterocycles. The van der Waals surface area contributed by atoms with Crippen molar-refractivity contribution in [1.82, 2.24) is 5.32 Å². The van der Waals surface area contributed by atoms with Crippen molar-refractivity contribution in [2.45, 2.75) is 22.8 Å². The van der Waals surface area contributed by atoms with Crippen molar-refractivity contribution in [1.29, 1.82) is 0 Å². The fourth-order valence-corrected chi connectivity index (χ4v) is 4.73. The van der Waals surface area contributed by atoms with Gasteiger partial charge in [-0.2, -0.15) is 0 Å². The molecule has 0 aliphatic carbocycles. The van der Waals surface area contributed by atoms with Crippen LogP contribution in [-0.2, 0) is 22.8 Å². The molecule has 2 aromatic carbocycles. The number of hydrogen-bond donors (Lipinski definition) is 1. The van der Waals surface area contributed by atoms with Gasteiger partial charge in [0, 0.05) is 41.5 Å². The first-order valence-corrected chi connectivity index (χ1v) is 9.70. The van der Waals surface area contributed by atoms with Crippen LogP contribution < -0.4 is 10.1 Å². The van der Waals surface area contributed by atoms with E-state index < -0.39 is 9.84 Å². The van der Waals surface area contributed by atoms with Gasteiger partial charge in [-0.3, -0.25) is 0 Å². The van der Waals surface area contributed by atoms with Gasteiger partial charge in [0.2, 0.25) is 9.84 Å². The maximum atomic E-state index is 13.0. The molecule has 0 atom stereocenters. The minimum Gasteiger partial charge on any atom is -0.493 e. The van der Waals surface area contributed by atoms with Crippen LogP contribution >= 0.6 is 24.0 Å². The van der Waals surface area contributed by atoms with Crippen LogP contribution in [0.25, 0.3) is 11.0 Å². The highest BCUT2D eigenvalue weighted by Gasteiger charge is 2.25. The summed E-state index contributed by atoms with van der Waals surface area (Å²) in [6, 6.07) is 9.39. The molecule has 5 nitrogen and oxygen atoms in total. The molecule has 138 valence electrons. The Balaban J connectivity index is 0.00000196. The van der Waals surface area contributed by atoms with E-state index in [1.807, 2.05) is 0 Å². The predicted molar refractivity (Wildman–Crippen MR) is 102 cm³/mol. The molecular weight excluding hydrogens is 397 g/mol. The van der Waals surface area contributed by atoms with Crippen LogP contribution in [0.5, 0.6) is 5.75 Å². The monoisotopic (exact) mass is 413 g/mol. The first-order valence-electron chi connectivity index (χ1n) is 7.84. The van der Waals surface area contributed by atoms with Gasteiger partial charge in [0.15, 0.2) is 11.3 Å². The molecular formula is C18H17Cl2NO4S. The van der Waals surface area contributed by atoms with Gasteiger partial charge in [0.05, 0.1) is 16.9 Å². The fourth-order valence-electron chi connectivity index (χ4n) is 3.13. The molecule has 2 heterocycles. The van der Waals surface area contributed by atoms with Crippen LogP contribution in [0.15, 0.2) is 50.6 Å². The van der Waals surface area contributed by atoms with Crippen molar-refractivity contribution >= 4 is 44.8 Å². The van der Waals surface area contributed by atoms with E-state index in [4.69, 9.17) is 20.8 Å². The van der Waals surface area contributed by atoms with Crippen molar-refractivity contribution in [2.24, 2.45) is 0 Å². The average Bonchev–Trinajstić information content (AvgIpc) is 2.99. The maximum absolute atomic E-state index is 13.0. The van der Waals surface area contributed by atoms with Crippen molar-refractivity contribution in [2.75, 3.05) is 13.7 Å². The quantitative estimate of drug-likeness (QED) is 0.702. The standard InChI is InChI=1S/C18H16ClNO4S.ClH/c1-23-17-9-13(25(21,22)12-4-2-3-11(19)7-12)8-14-15-10-20-6-5-16(15)24-18(14)17;/h2-4,7-9,20H,5-6,10H2,1H3;1H. The second kappa shape index (κ2) is 7.12. The van der Waals surface area contributed by atoms with Gasteiger partial charge in [-0.25, -0.2) is 8.42 Å². The molecule has 4 rings (SSSR count). The second-order valence-electron chi connectivity index (χ2n) is 5.89. The third kappa shape index (κ3) is 3.07. The lowest BCUT2D eigenvalue weighted by Crippen LogP contribution is -2.22. The molecule has 0 spiro atoms. The molecule has 1 N–H and O–H groups in total. The Hall–Kier alpha value is -1.73. The van der Waals surface area contributed by atoms with E-state index in [-0.39, 0.29) is 22.2 Å². The second-order valence-corrected chi connectivity index (χ2v) is 8.28. The summed E-state index contributed by atoms with van der Waals surface area (Å²) in [6.07, 6.45) is 0.767. The highest BCUT2D eigenvalue weighted by Crippen LogP contribution is 2.38. The minimum absolute atomic E-state index is 0. The SMILES string of the molecule is COc1cc(S(=O)(=O)c2cccc(Cl)c2)cc2c3c(oc12)CCNC3.Cl. The van der Waals surface area contributed by atoms with E-state index in [2.05, 4.69) is 5.32 Å². The first kappa shape index (κ1) is 19.0. The molecule has 3 aromatic rings. The van der Waals surface area contributed by atoms with Crippen LogP contribution in [0.2, 0.25) is 5.02 Å². The van der Waals surface area contributed by atoms with Crippen molar-refractivity contribution < 1.29 is 17.6 Å². The van der Waals surface area contributed by atoms with Gasteiger partial charge in [-0.15, -0.1) is 12.4 Å². The number of fused-ring (bicyclic) bond motifs is 3. The predicted octanol–water partition coefficient (Wildman–Crippen LogP) is 4.00. The third-order valence-electron chi connectivity index (χ3n) is 4.38. The molecule has 0 unspecified atom stereocenters. The summed E-state index contributed by atoms with van der Waals surface area (Å²) in [5, 5.41) is 4.43. The maximum Gasteiger partial charge on any atom is 0.206 e. The average molecular weight is 414 g/mol. The Morgan fingerprint density at radius 3 is 2.73 bits per heavy atom. The zero-order valence-corrected chi connectivity index (χ0v) is 16.3. The Bertz CT molecular complexity index is 1080. The first-order chi connectivity index (χ1) is 12.0. The van der Waals surface area contributed by atoms with Crippen molar-refractivity contribution in [3.63, 3.8) is 0 Å². The van der Waals surface area contributed by atoms with Gasteiger partial charge in [0.1, 0.15) is 5.76 Å². The molecule has 1 aliphatic heterocycles. The smallest absolute Gasteiger partial charge is 0.206 e. The summed E-state index contributed by atoms with van der Waals surface area (Å²) in [4.78, 5) is 0.310. The molecule has 26 heavy (non-hydrogen) atoms. The number of hydrogen-bond acceptors (Lipinski definition) is 5. The zero-order valence-electron chi connectivity index (χ0n) is 13.9. The van der Waals surface area contributed by atoms with Gasteiger partial charge in [0.25, 0.3) is 0 Å². The Morgan fingerprint density at radius 1 is 1.19 bits per heavy atom. The lowest BCUT2D eigenvalue weighted by atomic mass is 10.1. The number of rotatable bonds is 3. The molecule has 0 fully saturated rings. The molecule has 1 aliphatic rings. The van der Waals surface area contributed by atoms with Crippen molar-refractivity contribution in [3.8, 4) is 5.75 Å². The number of halogens is 2. The van der Waals surface area contributed by atoms with E-state index in [0.29, 0.717) is 22.9 Å². The van der Waals surface area contributed by atoms with Crippen LogP contribution in [0.1, 0.15) is 11.3 Å². The summed E-state index contributed by atoms with van der Waals surface area (Å²) in [5.41, 5.74) is 1.57. The number of nitrogens with one attached hydrogen (secondary N) is 1. The largest absolute Gasteiger partial charge is 0.493 e. The number of methoxy groups -OCH3 is 1. The van der Waals surface area contributed by atoms with Gasteiger partial charge in [-0.05, 0) is 24.3 Å². The van der Waals surface area contributed by atoms with E-state index in [9.17, 15) is 8.42 Å². The van der Waals surface area contributed by atoms with Crippen LogP contribution in [0.4, 0.5) is 0 Å². The van der Waals surface area contributed by atoms with E-state index in [0.717, 1.165) is 29.7 Å². The molecule has 0 radical (unpaired) electrons. The number of ether oxygens (including phenoxy) is 1. The van der Waals surface area contributed by atoms with Gasteiger partial charge < -0.3 is 14.5 Å². The summed E-state index contributed by atoms with van der Waals surface area (Å²) >= 11 is 5.96. The van der Waals surface area contributed by atoms with Gasteiger partial charge in [-0.1, -0.05) is 17.7 Å². The fraction of sp³-hybridized carbons (Fsp3) is 0.222. The highest BCUT2D eigenvalue weighted by molar-refractivity contribution is 7.91. The van der Waals surface area contributed by atoms with Crippen LogP contribution in [0.3, 0.4) is 0 Å². The molecule has 8 heteroatoms. The van der Waals surface area contributed by atoms with Crippen LogP contribution in [-0.4, -0.2) is 22.1 Å². The highest BCUT2D eigenvalue weighted by atomic mass is 35.5. The van der Waals surface area contributed by atoms with Gasteiger partial charge >= 0.3 is 0 Å². The van der Waals surface area contributed by atoms with Crippen molar-refractivity contribution in [3.05, 3.63) is 52.7 Å². The zero-order chi connectivity index (χ0) is 17.6. The topological polar surface area (TPSA) is 68.5 Å². The summed E-state index contributed by atoms with van der Waals surface area (Å²) in [7, 11) is -2.21. The summed E-state index contributed by atoms with van der Waals surface area (Å²) < 4.78 is 37.4. The van der Waals surface area contributed by atoms with E-state index in [1.165, 1.54) is 25.3 Å². The van der Waals surface area contributed by atoms with E-state index >= 15 is 0 Å². The van der Waals surface area contributed by atoms with Crippen LogP contribution in [0, 0.1) is 0 Å². The van der Waals surface area contributed by atoms with E-state index in [1.54, 1.807) is 18.2 Å². The third-order valence-corrected chi connectivity index (χ3v) is 6.35. The molecule has 0 bridgehead atoms. The summed E-state index contributed by atoms with van der Waals surface area (Å²) in [5.74, 6) is 1.29.